The summed E-state index contributed by atoms with van der Waals surface area (Å²) in [7, 11) is 0. The molecule has 0 saturated heterocycles. The lowest BCUT2D eigenvalue weighted by Gasteiger charge is -2.27. The summed E-state index contributed by atoms with van der Waals surface area (Å²) in [6.07, 6.45) is 2.73. The van der Waals surface area contributed by atoms with Crippen LogP contribution < -0.4 is 10.1 Å². The largest absolute Gasteiger partial charge is 0.492 e. The Balaban J connectivity index is 1.54. The molecule has 3 aromatic rings. The van der Waals surface area contributed by atoms with Gasteiger partial charge in [0.25, 0.3) is 5.91 Å². The fourth-order valence-corrected chi connectivity index (χ4v) is 4.76. The van der Waals surface area contributed by atoms with Crippen molar-refractivity contribution in [3.05, 3.63) is 112 Å². The van der Waals surface area contributed by atoms with Crippen LogP contribution in [0.4, 0.5) is 17.6 Å². The Kier molecular flexibility index (Phi) is 10.3. The lowest BCUT2D eigenvalue weighted by molar-refractivity contribution is -0.113. The van der Waals surface area contributed by atoms with Crippen LogP contribution in [-0.2, 0) is 4.79 Å². The van der Waals surface area contributed by atoms with Crippen LogP contribution in [0.5, 0.6) is 5.75 Å². The molecule has 0 radical (unpaired) electrons. The molecular weight excluding hydrogens is 548 g/mol. The van der Waals surface area contributed by atoms with Crippen LogP contribution in [0.1, 0.15) is 48.2 Å². The normalized spacial score (nSPS) is 17.2. The molecular formula is C33H32F4N2O3. The van der Waals surface area contributed by atoms with Crippen molar-refractivity contribution >= 4 is 23.8 Å². The SMILES string of the molecule is CCN(CC)CCOc1ccc(C(=O)NC2C/C(=C\c3ccc(F)cc3F)C(=O)/C(=C/c3ccc(F)cc3F)C2)cc1. The molecule has 0 atom stereocenters. The average Bonchev–Trinajstić information content (AvgIpc) is 2.96. The van der Waals surface area contributed by atoms with E-state index in [1.54, 1.807) is 24.3 Å². The Bertz CT molecular complexity index is 1420. The van der Waals surface area contributed by atoms with E-state index in [9.17, 15) is 27.2 Å². The highest BCUT2D eigenvalue weighted by Gasteiger charge is 2.29. The predicted octanol–water partition coefficient (Wildman–Crippen LogP) is 6.59. The van der Waals surface area contributed by atoms with Crippen LogP contribution in [0.2, 0.25) is 0 Å². The number of carbonyl (C=O) groups is 2. The van der Waals surface area contributed by atoms with Gasteiger partial charge in [0.15, 0.2) is 5.78 Å². The van der Waals surface area contributed by atoms with Gasteiger partial charge < -0.3 is 15.0 Å². The van der Waals surface area contributed by atoms with E-state index < -0.39 is 41.0 Å². The molecule has 5 nitrogen and oxygen atoms in total. The van der Waals surface area contributed by atoms with E-state index in [1.165, 1.54) is 24.3 Å². The van der Waals surface area contributed by atoms with E-state index in [0.29, 0.717) is 30.1 Å². The van der Waals surface area contributed by atoms with Gasteiger partial charge in [0.1, 0.15) is 35.6 Å². The number of ether oxygens (including phenoxy) is 1. The minimum atomic E-state index is -0.851. The molecule has 1 aliphatic carbocycles. The first-order chi connectivity index (χ1) is 20.2. The first-order valence-corrected chi connectivity index (χ1v) is 13.8. The topological polar surface area (TPSA) is 58.6 Å². The highest BCUT2D eigenvalue weighted by Crippen LogP contribution is 2.30. The molecule has 1 amide bonds. The van der Waals surface area contributed by atoms with Gasteiger partial charge in [0.05, 0.1) is 0 Å². The minimum absolute atomic E-state index is 0.00405. The van der Waals surface area contributed by atoms with Crippen LogP contribution in [-0.4, -0.2) is 48.9 Å². The van der Waals surface area contributed by atoms with Gasteiger partial charge in [0, 0.05) is 52.6 Å². The van der Waals surface area contributed by atoms with E-state index in [2.05, 4.69) is 24.1 Å². The maximum atomic E-state index is 14.4. The Morgan fingerprint density at radius 2 is 1.38 bits per heavy atom. The number of ketones is 1. The number of benzene rings is 3. The molecule has 1 N–H and O–H groups in total. The Morgan fingerprint density at radius 3 is 1.86 bits per heavy atom. The summed E-state index contributed by atoms with van der Waals surface area (Å²) < 4.78 is 61.4. The van der Waals surface area contributed by atoms with Gasteiger partial charge in [-0.3, -0.25) is 9.59 Å². The summed E-state index contributed by atoms with van der Waals surface area (Å²) in [6, 6.07) is 12.1. The van der Waals surface area contributed by atoms with E-state index in [0.717, 1.165) is 31.8 Å². The van der Waals surface area contributed by atoms with Gasteiger partial charge >= 0.3 is 0 Å². The van der Waals surface area contributed by atoms with Gasteiger partial charge in [-0.1, -0.05) is 13.8 Å². The van der Waals surface area contributed by atoms with Crippen molar-refractivity contribution in [2.45, 2.75) is 32.7 Å². The van der Waals surface area contributed by atoms with Gasteiger partial charge in [-0.2, -0.15) is 0 Å². The standard InChI is InChI=1S/C33H32F4N2O3/c1-3-39(4-2)13-14-42-29-11-7-21(8-12-29)33(41)38-28-17-24(15-22-5-9-26(34)19-30(22)36)32(40)25(18-28)16-23-6-10-27(35)20-31(23)37/h5-12,15-16,19-20,28H,3-4,13-14,17-18H2,1-2H3,(H,38,41)/b24-15+,25-16+. The number of rotatable bonds is 10. The molecule has 0 unspecified atom stereocenters. The lowest BCUT2D eigenvalue weighted by Crippen LogP contribution is -2.39. The Labute approximate surface area is 242 Å². The van der Waals surface area contributed by atoms with Crippen molar-refractivity contribution < 1.29 is 31.9 Å². The number of likely N-dealkylation sites (N-methyl/N-ethyl adjacent to an activating group) is 1. The summed E-state index contributed by atoms with van der Waals surface area (Å²) in [5, 5.41) is 2.90. The Hall–Kier alpha value is -4.24. The maximum Gasteiger partial charge on any atom is 0.251 e. The second-order valence-corrected chi connectivity index (χ2v) is 9.98. The third kappa shape index (κ3) is 7.94. The molecule has 42 heavy (non-hydrogen) atoms. The monoisotopic (exact) mass is 580 g/mol. The molecule has 9 heteroatoms. The summed E-state index contributed by atoms with van der Waals surface area (Å²) in [4.78, 5) is 28.7. The van der Waals surface area contributed by atoms with Crippen LogP contribution in [0.3, 0.4) is 0 Å². The number of carbonyl (C=O) groups excluding carboxylic acids is 2. The van der Waals surface area contributed by atoms with E-state index in [1.807, 2.05) is 0 Å². The highest BCUT2D eigenvalue weighted by molar-refractivity contribution is 6.14. The van der Waals surface area contributed by atoms with Crippen LogP contribution in [0, 0.1) is 23.3 Å². The second-order valence-electron chi connectivity index (χ2n) is 9.98. The number of halogens is 4. The van der Waals surface area contributed by atoms with Crippen molar-refractivity contribution in [3.8, 4) is 5.75 Å². The molecule has 1 saturated carbocycles. The predicted molar refractivity (Wildman–Crippen MR) is 154 cm³/mol. The number of nitrogens with zero attached hydrogens (tertiary/aromatic N) is 1. The van der Waals surface area contributed by atoms with Crippen molar-refractivity contribution in [2.24, 2.45) is 0 Å². The molecule has 0 spiro atoms. The van der Waals surface area contributed by atoms with Crippen molar-refractivity contribution in [2.75, 3.05) is 26.2 Å². The summed E-state index contributed by atoms with van der Waals surface area (Å²) in [5.41, 5.74) is 0.671. The number of hydrogen-bond donors (Lipinski definition) is 1. The fourth-order valence-electron chi connectivity index (χ4n) is 4.76. The zero-order valence-electron chi connectivity index (χ0n) is 23.4. The quantitative estimate of drug-likeness (QED) is 0.217. The van der Waals surface area contributed by atoms with Crippen molar-refractivity contribution in [1.82, 2.24) is 10.2 Å². The number of amides is 1. The zero-order valence-corrected chi connectivity index (χ0v) is 23.4. The molecule has 0 aromatic heterocycles. The smallest absolute Gasteiger partial charge is 0.251 e. The minimum Gasteiger partial charge on any atom is -0.492 e. The summed E-state index contributed by atoms with van der Waals surface area (Å²) >= 11 is 0. The molecule has 0 aliphatic heterocycles. The average molecular weight is 581 g/mol. The van der Waals surface area contributed by atoms with Gasteiger partial charge in [-0.15, -0.1) is 0 Å². The molecule has 1 fully saturated rings. The number of nitrogens with one attached hydrogen (secondary N) is 1. The first kappa shape index (κ1) is 30.7. The van der Waals surface area contributed by atoms with E-state index in [4.69, 9.17) is 4.74 Å². The molecule has 1 aliphatic rings. The van der Waals surface area contributed by atoms with Crippen LogP contribution >= 0.6 is 0 Å². The Morgan fingerprint density at radius 1 is 0.857 bits per heavy atom. The summed E-state index contributed by atoms with van der Waals surface area (Å²) in [5.74, 6) is -3.47. The molecule has 0 bridgehead atoms. The van der Waals surface area contributed by atoms with E-state index in [-0.39, 0.29) is 35.1 Å². The number of hydrogen-bond acceptors (Lipinski definition) is 4. The third-order valence-electron chi connectivity index (χ3n) is 7.12. The number of Topliss-reactive ketones (excluding diaryl/α,β-unsaturated/α-hetero) is 1. The molecule has 4 rings (SSSR count). The van der Waals surface area contributed by atoms with E-state index >= 15 is 0 Å². The van der Waals surface area contributed by atoms with Gasteiger partial charge in [-0.05, 0) is 86.6 Å². The zero-order chi connectivity index (χ0) is 30.2. The van der Waals surface area contributed by atoms with Crippen molar-refractivity contribution in [1.29, 1.82) is 0 Å². The van der Waals surface area contributed by atoms with Gasteiger partial charge in [-0.25, -0.2) is 17.6 Å². The summed E-state index contributed by atoms with van der Waals surface area (Å²) in [6.45, 7) is 7.31. The van der Waals surface area contributed by atoms with Crippen LogP contribution in [0.25, 0.3) is 12.2 Å². The lowest BCUT2D eigenvalue weighted by atomic mass is 9.83. The third-order valence-corrected chi connectivity index (χ3v) is 7.12. The highest BCUT2D eigenvalue weighted by atomic mass is 19.1. The first-order valence-electron chi connectivity index (χ1n) is 13.8. The molecule has 220 valence electrons. The van der Waals surface area contributed by atoms with Crippen LogP contribution in [0.15, 0.2) is 71.8 Å². The molecule has 0 heterocycles. The van der Waals surface area contributed by atoms with Crippen molar-refractivity contribution in [3.63, 3.8) is 0 Å². The second kappa shape index (κ2) is 14.1. The fraction of sp³-hybridized carbons (Fsp3) is 0.273. The van der Waals surface area contributed by atoms with Gasteiger partial charge in [0.2, 0.25) is 0 Å². The molecule has 3 aromatic carbocycles. The maximum absolute atomic E-state index is 14.4.